The highest BCUT2D eigenvalue weighted by Gasteiger charge is 2.41. The fraction of sp³-hybridized carbons (Fsp3) is 0.500. The Labute approximate surface area is 143 Å². The molecule has 2 aliphatic heterocycles. The minimum atomic E-state index is -0.481. The summed E-state index contributed by atoms with van der Waals surface area (Å²) in [6.45, 7) is 7.72. The number of nitrogens with zero attached hydrogens (tertiary/aromatic N) is 2. The van der Waals surface area contributed by atoms with Crippen LogP contribution in [-0.4, -0.2) is 28.7 Å². The highest BCUT2D eigenvalue weighted by molar-refractivity contribution is 5.77. The summed E-state index contributed by atoms with van der Waals surface area (Å²) in [5, 5.41) is 9.39. The third-order valence-corrected chi connectivity index (χ3v) is 4.64. The number of nitriles is 1. The van der Waals surface area contributed by atoms with Crippen molar-refractivity contribution < 1.29 is 9.53 Å². The summed E-state index contributed by atoms with van der Waals surface area (Å²) in [5.74, 6) is 0. The zero-order chi connectivity index (χ0) is 17.5. The molecule has 0 aromatic heterocycles. The maximum atomic E-state index is 12.5. The molecule has 2 aliphatic rings. The van der Waals surface area contributed by atoms with Gasteiger partial charge < -0.3 is 4.74 Å². The number of aryl methyl sites for hydroxylation is 1. The van der Waals surface area contributed by atoms with Gasteiger partial charge in [0.2, 0.25) is 0 Å². The Bertz CT molecular complexity index is 737. The van der Waals surface area contributed by atoms with E-state index < -0.39 is 5.60 Å². The van der Waals surface area contributed by atoms with Gasteiger partial charge >= 0.3 is 6.09 Å². The quantitative estimate of drug-likeness (QED) is 0.768. The molecule has 2 unspecified atom stereocenters. The number of benzene rings is 1. The summed E-state index contributed by atoms with van der Waals surface area (Å²) < 4.78 is 5.57. The molecule has 4 nitrogen and oxygen atoms in total. The fourth-order valence-corrected chi connectivity index (χ4v) is 3.65. The Hall–Kier alpha value is -2.28. The van der Waals surface area contributed by atoms with Crippen molar-refractivity contribution in [1.82, 2.24) is 4.90 Å². The summed E-state index contributed by atoms with van der Waals surface area (Å²) in [7, 11) is 0. The Morgan fingerprint density at radius 1 is 1.33 bits per heavy atom. The van der Waals surface area contributed by atoms with Gasteiger partial charge in [-0.25, -0.2) is 4.79 Å². The molecule has 0 saturated carbocycles. The van der Waals surface area contributed by atoms with Crippen molar-refractivity contribution in [3.05, 3.63) is 41.0 Å². The molecule has 1 amide bonds. The lowest BCUT2D eigenvalue weighted by molar-refractivity contribution is 0.0175. The van der Waals surface area contributed by atoms with E-state index in [0.717, 1.165) is 30.4 Å². The number of hydrogen-bond donors (Lipinski definition) is 0. The standard InChI is InChI=1S/C20H24N2O2/c1-13-5-6-14(12-21)18(9-13)15-10-16-7-8-17(11-15)22(16)19(23)24-20(2,3)4/h5-6,9-10,16-17H,7-8,11H2,1-4H3. The van der Waals surface area contributed by atoms with Crippen molar-refractivity contribution in [3.63, 3.8) is 0 Å². The maximum absolute atomic E-state index is 12.5. The van der Waals surface area contributed by atoms with Crippen LogP contribution in [0.25, 0.3) is 5.57 Å². The van der Waals surface area contributed by atoms with E-state index in [9.17, 15) is 10.1 Å². The van der Waals surface area contributed by atoms with E-state index in [-0.39, 0.29) is 18.2 Å². The van der Waals surface area contributed by atoms with E-state index in [1.54, 1.807) is 0 Å². The Balaban J connectivity index is 1.89. The molecule has 1 saturated heterocycles. The molecule has 2 heterocycles. The van der Waals surface area contributed by atoms with Crippen LogP contribution in [0.4, 0.5) is 4.79 Å². The van der Waals surface area contributed by atoms with E-state index in [0.29, 0.717) is 5.56 Å². The maximum Gasteiger partial charge on any atom is 0.411 e. The summed E-state index contributed by atoms with van der Waals surface area (Å²) in [4.78, 5) is 14.4. The summed E-state index contributed by atoms with van der Waals surface area (Å²) in [5.41, 5.74) is 3.56. The second kappa shape index (κ2) is 5.98. The first kappa shape index (κ1) is 16.6. The van der Waals surface area contributed by atoms with Crippen LogP contribution in [0.5, 0.6) is 0 Å². The first-order chi connectivity index (χ1) is 11.3. The van der Waals surface area contributed by atoms with Crippen LogP contribution in [0.15, 0.2) is 24.3 Å². The molecule has 2 bridgehead atoms. The lowest BCUT2D eigenvalue weighted by atomic mass is 9.91. The third-order valence-electron chi connectivity index (χ3n) is 4.64. The van der Waals surface area contributed by atoms with Crippen LogP contribution in [0.1, 0.15) is 56.7 Å². The largest absolute Gasteiger partial charge is 0.444 e. The van der Waals surface area contributed by atoms with Gasteiger partial charge in [0, 0.05) is 6.04 Å². The van der Waals surface area contributed by atoms with Crippen molar-refractivity contribution in [2.75, 3.05) is 0 Å². The van der Waals surface area contributed by atoms with Gasteiger partial charge in [-0.3, -0.25) is 4.90 Å². The van der Waals surface area contributed by atoms with Gasteiger partial charge in [-0.1, -0.05) is 23.8 Å². The zero-order valence-electron chi connectivity index (χ0n) is 14.8. The predicted molar refractivity (Wildman–Crippen MR) is 93.4 cm³/mol. The topological polar surface area (TPSA) is 53.3 Å². The number of carbonyl (C=O) groups excluding carboxylic acids is 1. The number of amides is 1. The number of rotatable bonds is 1. The fourth-order valence-electron chi connectivity index (χ4n) is 3.65. The SMILES string of the molecule is Cc1ccc(C#N)c(C2=CC3CCC(C2)N3C(=O)OC(C)(C)C)c1. The van der Waals surface area contributed by atoms with Crippen molar-refractivity contribution in [1.29, 1.82) is 5.26 Å². The summed E-state index contributed by atoms with van der Waals surface area (Å²) in [6, 6.07) is 8.45. The second-order valence-corrected chi connectivity index (χ2v) is 7.74. The number of hydrogen-bond acceptors (Lipinski definition) is 3. The smallest absolute Gasteiger partial charge is 0.411 e. The van der Waals surface area contributed by atoms with Crippen molar-refractivity contribution >= 4 is 11.7 Å². The lowest BCUT2D eigenvalue weighted by Gasteiger charge is -2.35. The van der Waals surface area contributed by atoms with E-state index in [1.165, 1.54) is 5.57 Å². The van der Waals surface area contributed by atoms with Crippen LogP contribution in [-0.2, 0) is 4.74 Å². The molecule has 1 fully saturated rings. The average Bonchev–Trinajstić information content (AvgIpc) is 2.76. The van der Waals surface area contributed by atoms with Crippen LogP contribution < -0.4 is 0 Å². The van der Waals surface area contributed by atoms with Gasteiger partial charge in [0.05, 0.1) is 17.7 Å². The molecule has 0 spiro atoms. The van der Waals surface area contributed by atoms with E-state index >= 15 is 0 Å². The highest BCUT2D eigenvalue weighted by atomic mass is 16.6. The normalized spacial score (nSPS) is 22.8. The van der Waals surface area contributed by atoms with Gasteiger partial charge in [-0.05, 0) is 64.2 Å². The first-order valence-corrected chi connectivity index (χ1v) is 8.51. The van der Waals surface area contributed by atoms with Gasteiger partial charge in [0.1, 0.15) is 5.60 Å². The molecule has 1 aromatic rings. The minimum Gasteiger partial charge on any atom is -0.444 e. The van der Waals surface area contributed by atoms with Gasteiger partial charge in [0.25, 0.3) is 0 Å². The van der Waals surface area contributed by atoms with Crippen molar-refractivity contribution in [3.8, 4) is 6.07 Å². The lowest BCUT2D eigenvalue weighted by Crippen LogP contribution is -2.45. The molecular formula is C20H24N2O2. The molecule has 3 rings (SSSR count). The van der Waals surface area contributed by atoms with Gasteiger partial charge in [-0.15, -0.1) is 0 Å². The molecule has 1 aromatic carbocycles. The minimum absolute atomic E-state index is 0.0701. The Morgan fingerprint density at radius 2 is 2.08 bits per heavy atom. The van der Waals surface area contributed by atoms with E-state index in [1.807, 2.05) is 44.7 Å². The number of carbonyl (C=O) groups is 1. The van der Waals surface area contributed by atoms with Gasteiger partial charge in [0.15, 0.2) is 0 Å². The molecule has 126 valence electrons. The predicted octanol–water partition coefficient (Wildman–Crippen LogP) is 4.42. The zero-order valence-corrected chi connectivity index (χ0v) is 14.8. The molecular weight excluding hydrogens is 300 g/mol. The second-order valence-electron chi connectivity index (χ2n) is 7.74. The van der Waals surface area contributed by atoms with Gasteiger partial charge in [-0.2, -0.15) is 5.26 Å². The van der Waals surface area contributed by atoms with Crippen LogP contribution in [0.2, 0.25) is 0 Å². The summed E-state index contributed by atoms with van der Waals surface area (Å²) >= 11 is 0. The van der Waals surface area contributed by atoms with Crippen molar-refractivity contribution in [2.45, 2.75) is 64.6 Å². The summed E-state index contributed by atoms with van der Waals surface area (Å²) in [6.07, 6.45) is 4.66. The van der Waals surface area contributed by atoms with E-state index in [4.69, 9.17) is 4.74 Å². The van der Waals surface area contributed by atoms with Crippen LogP contribution >= 0.6 is 0 Å². The average molecular weight is 324 g/mol. The third kappa shape index (κ3) is 3.17. The first-order valence-electron chi connectivity index (χ1n) is 8.51. The Kier molecular flexibility index (Phi) is 4.13. The highest BCUT2D eigenvalue weighted by Crippen LogP contribution is 2.40. The molecule has 0 aliphatic carbocycles. The molecule has 4 heteroatoms. The van der Waals surface area contributed by atoms with Crippen molar-refractivity contribution in [2.24, 2.45) is 0 Å². The molecule has 0 radical (unpaired) electrons. The molecule has 24 heavy (non-hydrogen) atoms. The monoisotopic (exact) mass is 324 g/mol. The van der Waals surface area contributed by atoms with Crippen LogP contribution in [0, 0.1) is 18.3 Å². The van der Waals surface area contributed by atoms with Crippen LogP contribution in [0.3, 0.4) is 0 Å². The number of ether oxygens (including phenoxy) is 1. The number of fused-ring (bicyclic) bond motifs is 2. The molecule has 0 N–H and O–H groups in total. The Morgan fingerprint density at radius 3 is 2.71 bits per heavy atom. The van der Waals surface area contributed by atoms with E-state index in [2.05, 4.69) is 18.2 Å². The molecule has 2 atom stereocenters.